The third kappa shape index (κ3) is 3.37. The second-order valence-electron chi connectivity index (χ2n) is 7.08. The minimum absolute atomic E-state index is 0.496. The van der Waals surface area contributed by atoms with E-state index in [9.17, 15) is 10.5 Å². The highest BCUT2D eigenvalue weighted by Gasteiger charge is 2.33. The fraction of sp³-hybridized carbons (Fsp3) is 0.125. The van der Waals surface area contributed by atoms with E-state index in [1.807, 2.05) is 74.6 Å². The zero-order chi connectivity index (χ0) is 21.3. The molecular weight excluding hydrogens is 394 g/mol. The number of nitriles is 2. The lowest BCUT2D eigenvalue weighted by molar-refractivity contribution is 0.813. The Bertz CT molecular complexity index is 1220. The monoisotopic (exact) mass is 411 g/mol. The van der Waals surface area contributed by atoms with Gasteiger partial charge in [0, 0.05) is 33.7 Å². The summed E-state index contributed by atoms with van der Waals surface area (Å²) < 4.78 is 1.79. The fourth-order valence-electron chi connectivity index (χ4n) is 3.74. The standard InChI is InChI=1S/C24H18ClN5/c1-15-20(12-26)23(21(13-27)16(2)28-15)22-14-30(19-6-4-3-5-7-19)29-24(22)17-8-10-18(25)11-9-17/h3-11,14,23,28H,1-2H3. The summed E-state index contributed by atoms with van der Waals surface area (Å²) in [6, 6.07) is 21.8. The molecule has 2 heterocycles. The SMILES string of the molecule is CC1=C(C#N)C(c2cn(-c3ccccc3)nc2-c2ccc(Cl)cc2)C(C#N)=C(C)N1. The van der Waals surface area contributed by atoms with Crippen LogP contribution in [0.4, 0.5) is 0 Å². The Morgan fingerprint density at radius 2 is 1.53 bits per heavy atom. The van der Waals surface area contributed by atoms with Gasteiger partial charge in [0.1, 0.15) is 0 Å². The van der Waals surface area contributed by atoms with E-state index >= 15 is 0 Å². The number of allylic oxidation sites excluding steroid dienone is 4. The molecule has 1 aliphatic heterocycles. The summed E-state index contributed by atoms with van der Waals surface area (Å²) in [5, 5.41) is 28.4. The molecule has 0 spiro atoms. The van der Waals surface area contributed by atoms with Gasteiger partial charge in [-0.3, -0.25) is 0 Å². The van der Waals surface area contributed by atoms with Crippen molar-refractivity contribution in [2.45, 2.75) is 19.8 Å². The molecule has 4 rings (SSSR count). The first-order chi connectivity index (χ1) is 14.5. The van der Waals surface area contributed by atoms with Gasteiger partial charge in [0.2, 0.25) is 0 Å². The Labute approximate surface area is 180 Å². The highest BCUT2D eigenvalue weighted by Crippen LogP contribution is 2.41. The Morgan fingerprint density at radius 1 is 0.933 bits per heavy atom. The number of nitrogens with one attached hydrogen (secondary N) is 1. The van der Waals surface area contributed by atoms with Crippen molar-refractivity contribution in [1.29, 1.82) is 10.5 Å². The van der Waals surface area contributed by atoms with Crippen LogP contribution in [0.25, 0.3) is 16.9 Å². The van der Waals surface area contributed by atoms with Gasteiger partial charge >= 0.3 is 0 Å². The van der Waals surface area contributed by atoms with Gasteiger partial charge in [-0.2, -0.15) is 15.6 Å². The zero-order valence-electron chi connectivity index (χ0n) is 16.5. The van der Waals surface area contributed by atoms with Crippen LogP contribution < -0.4 is 5.32 Å². The number of hydrogen-bond acceptors (Lipinski definition) is 4. The number of rotatable bonds is 3. The van der Waals surface area contributed by atoms with E-state index < -0.39 is 5.92 Å². The molecule has 3 aromatic rings. The van der Waals surface area contributed by atoms with Gasteiger partial charge in [-0.15, -0.1) is 0 Å². The highest BCUT2D eigenvalue weighted by molar-refractivity contribution is 6.30. The maximum absolute atomic E-state index is 9.89. The van der Waals surface area contributed by atoms with Crippen molar-refractivity contribution in [2.24, 2.45) is 0 Å². The van der Waals surface area contributed by atoms with Crippen molar-refractivity contribution < 1.29 is 0 Å². The minimum atomic E-state index is -0.496. The molecule has 30 heavy (non-hydrogen) atoms. The minimum Gasteiger partial charge on any atom is -0.361 e. The molecule has 1 aliphatic rings. The molecule has 2 aromatic carbocycles. The summed E-state index contributed by atoms with van der Waals surface area (Å²) in [6.45, 7) is 3.71. The molecule has 1 aromatic heterocycles. The van der Waals surface area contributed by atoms with Gasteiger partial charge < -0.3 is 5.32 Å². The second-order valence-corrected chi connectivity index (χ2v) is 7.52. The zero-order valence-corrected chi connectivity index (χ0v) is 17.3. The number of aromatic nitrogens is 2. The predicted octanol–water partition coefficient (Wildman–Crippen LogP) is 5.47. The number of halogens is 1. The maximum atomic E-state index is 9.89. The topological polar surface area (TPSA) is 77.4 Å². The van der Waals surface area contributed by atoms with E-state index in [0.717, 1.165) is 28.2 Å². The summed E-state index contributed by atoms with van der Waals surface area (Å²) in [6.07, 6.45) is 1.91. The van der Waals surface area contributed by atoms with Crippen LogP contribution in [-0.4, -0.2) is 9.78 Å². The van der Waals surface area contributed by atoms with E-state index in [1.165, 1.54) is 0 Å². The molecule has 6 heteroatoms. The Hall–Kier alpha value is -3.80. The van der Waals surface area contributed by atoms with Crippen LogP contribution >= 0.6 is 11.6 Å². The summed E-state index contributed by atoms with van der Waals surface area (Å²) in [5.74, 6) is -0.496. The molecular formula is C24H18ClN5. The van der Waals surface area contributed by atoms with Crippen molar-refractivity contribution in [3.05, 3.63) is 93.9 Å². The first-order valence-electron chi connectivity index (χ1n) is 9.43. The smallest absolute Gasteiger partial charge is 0.0975 e. The van der Waals surface area contributed by atoms with Gasteiger partial charge in [-0.1, -0.05) is 41.9 Å². The third-order valence-electron chi connectivity index (χ3n) is 5.19. The summed E-state index contributed by atoms with van der Waals surface area (Å²) in [4.78, 5) is 0. The van der Waals surface area contributed by atoms with E-state index in [-0.39, 0.29) is 0 Å². The fourth-order valence-corrected chi connectivity index (χ4v) is 3.87. The van der Waals surface area contributed by atoms with Crippen LogP contribution in [0, 0.1) is 22.7 Å². The Morgan fingerprint density at radius 3 is 2.10 bits per heavy atom. The van der Waals surface area contributed by atoms with E-state index in [2.05, 4.69) is 17.5 Å². The van der Waals surface area contributed by atoms with Gasteiger partial charge in [0.15, 0.2) is 0 Å². The summed E-state index contributed by atoms with van der Waals surface area (Å²) in [5.41, 5.74) is 5.79. The van der Waals surface area contributed by atoms with Crippen LogP contribution in [0.5, 0.6) is 0 Å². The molecule has 0 atom stereocenters. The van der Waals surface area contributed by atoms with Crippen molar-refractivity contribution in [3.8, 4) is 29.1 Å². The molecule has 0 unspecified atom stereocenters. The number of dihydropyridines is 1. The van der Waals surface area contributed by atoms with Crippen molar-refractivity contribution in [3.63, 3.8) is 0 Å². The average molecular weight is 412 g/mol. The molecule has 0 saturated heterocycles. The first-order valence-corrected chi connectivity index (χ1v) is 9.81. The van der Waals surface area contributed by atoms with Gasteiger partial charge in [-0.25, -0.2) is 4.68 Å². The van der Waals surface area contributed by atoms with Gasteiger partial charge in [0.05, 0.1) is 40.6 Å². The molecule has 0 saturated carbocycles. The number of para-hydroxylation sites is 1. The molecule has 0 bridgehead atoms. The number of benzene rings is 2. The summed E-state index contributed by atoms with van der Waals surface area (Å²) >= 11 is 6.08. The van der Waals surface area contributed by atoms with E-state index in [4.69, 9.17) is 16.7 Å². The largest absolute Gasteiger partial charge is 0.361 e. The van der Waals surface area contributed by atoms with Crippen LogP contribution in [0.15, 0.2) is 83.3 Å². The lowest BCUT2D eigenvalue weighted by Crippen LogP contribution is -2.23. The average Bonchev–Trinajstić information content (AvgIpc) is 3.19. The van der Waals surface area contributed by atoms with Gasteiger partial charge in [0.25, 0.3) is 0 Å². The molecule has 0 fully saturated rings. The van der Waals surface area contributed by atoms with E-state index in [0.29, 0.717) is 21.9 Å². The van der Waals surface area contributed by atoms with E-state index in [1.54, 1.807) is 4.68 Å². The molecule has 5 nitrogen and oxygen atoms in total. The molecule has 1 N–H and O–H groups in total. The van der Waals surface area contributed by atoms with Crippen molar-refractivity contribution in [2.75, 3.05) is 0 Å². The molecule has 0 amide bonds. The Balaban J connectivity index is 1.99. The third-order valence-corrected chi connectivity index (χ3v) is 5.45. The second kappa shape index (κ2) is 7.91. The van der Waals surface area contributed by atoms with Crippen LogP contribution in [0.1, 0.15) is 25.3 Å². The lowest BCUT2D eigenvalue weighted by Gasteiger charge is -2.25. The van der Waals surface area contributed by atoms with Crippen LogP contribution in [0.2, 0.25) is 5.02 Å². The Kier molecular flexibility index (Phi) is 5.14. The van der Waals surface area contributed by atoms with Gasteiger partial charge in [-0.05, 0) is 38.1 Å². The normalized spacial score (nSPS) is 14.3. The number of nitrogens with zero attached hydrogens (tertiary/aromatic N) is 4. The van der Waals surface area contributed by atoms with Crippen LogP contribution in [0.3, 0.4) is 0 Å². The summed E-state index contributed by atoms with van der Waals surface area (Å²) in [7, 11) is 0. The highest BCUT2D eigenvalue weighted by atomic mass is 35.5. The van der Waals surface area contributed by atoms with Crippen molar-refractivity contribution >= 4 is 11.6 Å². The first kappa shape index (κ1) is 19.5. The predicted molar refractivity (Wildman–Crippen MR) is 117 cm³/mol. The van der Waals surface area contributed by atoms with Crippen LogP contribution in [-0.2, 0) is 0 Å². The van der Waals surface area contributed by atoms with Crippen molar-refractivity contribution in [1.82, 2.24) is 15.1 Å². The lowest BCUT2D eigenvalue weighted by atomic mass is 9.81. The molecule has 0 radical (unpaired) electrons. The maximum Gasteiger partial charge on any atom is 0.0975 e. The quantitative estimate of drug-likeness (QED) is 0.619. The molecule has 0 aliphatic carbocycles. The molecule has 146 valence electrons. The number of hydrogen-bond donors (Lipinski definition) is 1.